The fourth-order valence-corrected chi connectivity index (χ4v) is 0.614. The summed E-state index contributed by atoms with van der Waals surface area (Å²) in [5.74, 6) is 0.152. The van der Waals surface area contributed by atoms with Crippen LogP contribution in [0.3, 0.4) is 0 Å². The van der Waals surface area contributed by atoms with Gasteiger partial charge >= 0.3 is 0 Å². The molecule has 1 rings (SSSR count). The van der Waals surface area contributed by atoms with E-state index in [1.807, 2.05) is 13.8 Å². The van der Waals surface area contributed by atoms with Crippen molar-refractivity contribution < 1.29 is 4.39 Å². The molecule has 5 heteroatoms. The number of tetrazole rings is 1. The van der Waals surface area contributed by atoms with Crippen molar-refractivity contribution in [3.8, 4) is 0 Å². The number of hydrogen-bond acceptors (Lipinski definition) is 3. The summed E-state index contributed by atoms with van der Waals surface area (Å²) in [5, 5.41) is 11.0. The lowest BCUT2D eigenvalue weighted by Gasteiger charge is -1.98. The zero-order valence-electron chi connectivity index (χ0n) is 6.82. The van der Waals surface area contributed by atoms with Gasteiger partial charge in [-0.15, -0.1) is 10.2 Å². The van der Waals surface area contributed by atoms with Gasteiger partial charge < -0.3 is 0 Å². The largest absolute Gasteiger partial charge is 0.239 e. The van der Waals surface area contributed by atoms with Crippen LogP contribution in [0.1, 0.15) is 38.8 Å². The van der Waals surface area contributed by atoms with Gasteiger partial charge in [0.1, 0.15) is 0 Å². The lowest BCUT2D eigenvalue weighted by atomic mass is 10.4. The summed E-state index contributed by atoms with van der Waals surface area (Å²) in [6, 6.07) is 0.134. The minimum absolute atomic E-state index is 0.134. The quantitative estimate of drug-likeness (QED) is 0.651. The molecule has 0 aliphatic heterocycles. The maximum atomic E-state index is 12.5. The minimum Gasteiger partial charge on any atom is -0.239 e. The Balaban J connectivity index is 2.82. The van der Waals surface area contributed by atoms with Crippen LogP contribution in [0.2, 0.25) is 0 Å². The van der Waals surface area contributed by atoms with E-state index in [0.29, 0.717) is 0 Å². The zero-order chi connectivity index (χ0) is 8.43. The van der Waals surface area contributed by atoms with Crippen molar-refractivity contribution in [3.05, 3.63) is 5.82 Å². The molecule has 1 unspecified atom stereocenters. The second-order valence-electron chi connectivity index (χ2n) is 2.68. The third-order valence-corrected chi connectivity index (χ3v) is 1.26. The Morgan fingerprint density at radius 2 is 2.00 bits per heavy atom. The van der Waals surface area contributed by atoms with E-state index in [0.717, 1.165) is 0 Å². The van der Waals surface area contributed by atoms with Crippen LogP contribution < -0.4 is 0 Å². The predicted molar refractivity (Wildman–Crippen MR) is 37.7 cm³/mol. The summed E-state index contributed by atoms with van der Waals surface area (Å²) in [4.78, 5) is 1.39. The molecule has 0 aliphatic carbocycles. The van der Waals surface area contributed by atoms with Gasteiger partial charge in [-0.3, -0.25) is 0 Å². The Bertz CT molecular complexity index is 208. The highest BCUT2D eigenvalue weighted by molar-refractivity contribution is 4.81. The van der Waals surface area contributed by atoms with E-state index in [1.165, 1.54) is 11.7 Å². The van der Waals surface area contributed by atoms with E-state index < -0.39 is 6.17 Å². The molecule has 0 N–H and O–H groups in total. The molecule has 0 aromatic carbocycles. The lowest BCUT2D eigenvalue weighted by molar-refractivity contribution is 0.352. The van der Waals surface area contributed by atoms with Gasteiger partial charge in [-0.1, -0.05) is 0 Å². The number of rotatable bonds is 2. The summed E-state index contributed by atoms with van der Waals surface area (Å²) in [7, 11) is 0. The average molecular weight is 158 g/mol. The van der Waals surface area contributed by atoms with Gasteiger partial charge in [-0.05, 0) is 26.0 Å². The fourth-order valence-electron chi connectivity index (χ4n) is 0.614. The topological polar surface area (TPSA) is 43.6 Å². The van der Waals surface area contributed by atoms with Crippen molar-refractivity contribution >= 4 is 0 Å². The van der Waals surface area contributed by atoms with Gasteiger partial charge in [-0.25, -0.2) is 4.39 Å². The zero-order valence-corrected chi connectivity index (χ0v) is 6.82. The second-order valence-corrected chi connectivity index (χ2v) is 2.68. The first-order valence-electron chi connectivity index (χ1n) is 3.54. The predicted octanol–water partition coefficient (Wildman–Crippen LogP) is 1.28. The maximum Gasteiger partial charge on any atom is 0.208 e. The van der Waals surface area contributed by atoms with Crippen LogP contribution in [-0.2, 0) is 0 Å². The molecule has 0 radical (unpaired) electrons. The van der Waals surface area contributed by atoms with Gasteiger partial charge in [0.15, 0.2) is 6.17 Å². The monoisotopic (exact) mass is 158 g/mol. The summed E-state index contributed by atoms with van der Waals surface area (Å²) in [6.07, 6.45) is -1.14. The molecule has 0 spiro atoms. The molecular weight excluding hydrogens is 147 g/mol. The number of halogens is 1. The van der Waals surface area contributed by atoms with Gasteiger partial charge in [0.25, 0.3) is 0 Å². The van der Waals surface area contributed by atoms with Crippen LogP contribution in [0.25, 0.3) is 0 Å². The Morgan fingerprint density at radius 3 is 2.27 bits per heavy atom. The molecule has 0 fully saturated rings. The second kappa shape index (κ2) is 2.94. The van der Waals surface area contributed by atoms with Gasteiger partial charge in [0, 0.05) is 0 Å². The number of hydrogen-bond donors (Lipinski definition) is 0. The van der Waals surface area contributed by atoms with Gasteiger partial charge in [0.05, 0.1) is 6.04 Å². The fraction of sp³-hybridized carbons (Fsp3) is 0.833. The van der Waals surface area contributed by atoms with E-state index in [4.69, 9.17) is 0 Å². The van der Waals surface area contributed by atoms with Crippen molar-refractivity contribution in [2.45, 2.75) is 33.0 Å². The van der Waals surface area contributed by atoms with Crippen LogP contribution in [-0.4, -0.2) is 20.2 Å². The third kappa shape index (κ3) is 1.72. The Morgan fingerprint density at radius 1 is 1.36 bits per heavy atom. The van der Waals surface area contributed by atoms with E-state index >= 15 is 0 Å². The van der Waals surface area contributed by atoms with E-state index in [2.05, 4.69) is 15.4 Å². The van der Waals surface area contributed by atoms with Gasteiger partial charge in [0.2, 0.25) is 5.82 Å². The minimum atomic E-state index is -1.14. The molecule has 1 aromatic heterocycles. The van der Waals surface area contributed by atoms with Gasteiger partial charge in [-0.2, -0.15) is 4.80 Å². The third-order valence-electron chi connectivity index (χ3n) is 1.26. The summed E-state index contributed by atoms with van der Waals surface area (Å²) >= 11 is 0. The lowest BCUT2D eigenvalue weighted by Crippen LogP contribution is -2.05. The van der Waals surface area contributed by atoms with Crippen molar-refractivity contribution in [2.75, 3.05) is 0 Å². The van der Waals surface area contributed by atoms with E-state index in [-0.39, 0.29) is 11.9 Å². The van der Waals surface area contributed by atoms with Crippen molar-refractivity contribution in [3.63, 3.8) is 0 Å². The Labute approximate surface area is 64.4 Å². The molecule has 0 amide bonds. The van der Waals surface area contributed by atoms with Crippen LogP contribution >= 0.6 is 0 Å². The molecule has 4 nitrogen and oxygen atoms in total. The summed E-state index contributed by atoms with van der Waals surface area (Å²) in [5.41, 5.74) is 0. The van der Waals surface area contributed by atoms with Crippen LogP contribution in [0.15, 0.2) is 0 Å². The molecule has 1 heterocycles. The van der Waals surface area contributed by atoms with Crippen molar-refractivity contribution in [1.82, 2.24) is 20.2 Å². The molecule has 1 aromatic rings. The molecule has 62 valence electrons. The standard InChI is InChI=1S/C6H11FN4/c1-4(2)11-9-6(5(3)7)8-10-11/h4-5H,1-3H3. The van der Waals surface area contributed by atoms with Crippen molar-refractivity contribution in [2.24, 2.45) is 0 Å². The molecule has 0 saturated carbocycles. The summed E-state index contributed by atoms with van der Waals surface area (Å²) < 4.78 is 12.5. The van der Waals surface area contributed by atoms with Crippen LogP contribution in [0.4, 0.5) is 4.39 Å². The first-order chi connectivity index (χ1) is 5.11. The van der Waals surface area contributed by atoms with E-state index in [1.54, 1.807) is 0 Å². The highest BCUT2D eigenvalue weighted by Crippen LogP contribution is 2.09. The molecule has 1 atom stereocenters. The first-order valence-corrected chi connectivity index (χ1v) is 3.54. The molecule has 0 aliphatic rings. The average Bonchev–Trinajstić information content (AvgIpc) is 2.33. The normalized spacial score (nSPS) is 13.9. The summed E-state index contributed by atoms with van der Waals surface area (Å²) in [6.45, 7) is 5.21. The molecule has 0 saturated heterocycles. The highest BCUT2D eigenvalue weighted by atomic mass is 19.1. The maximum absolute atomic E-state index is 12.5. The number of aromatic nitrogens is 4. The van der Waals surface area contributed by atoms with E-state index in [9.17, 15) is 4.39 Å². The number of nitrogens with zero attached hydrogens (tertiary/aromatic N) is 4. The molecular formula is C6H11FN4. The highest BCUT2D eigenvalue weighted by Gasteiger charge is 2.10. The van der Waals surface area contributed by atoms with Crippen LogP contribution in [0, 0.1) is 0 Å². The molecule has 11 heavy (non-hydrogen) atoms. The Hall–Kier alpha value is -1.00. The first kappa shape index (κ1) is 8.10. The Kier molecular flexibility index (Phi) is 2.16. The van der Waals surface area contributed by atoms with Crippen molar-refractivity contribution in [1.29, 1.82) is 0 Å². The SMILES string of the molecule is CC(F)c1nnn(C(C)C)n1. The number of alkyl halides is 1. The molecule has 0 bridgehead atoms. The van der Waals surface area contributed by atoms with Crippen LogP contribution in [0.5, 0.6) is 0 Å². The smallest absolute Gasteiger partial charge is 0.208 e.